The number of hydrogen-bond donors (Lipinski definition) is 3. The second-order valence-corrected chi connectivity index (χ2v) is 10.9. The van der Waals surface area contributed by atoms with Crippen LogP contribution in [0.4, 0.5) is 5.69 Å². The molecular formula is C32H42N2O6. The first-order valence-corrected chi connectivity index (χ1v) is 14.3. The van der Waals surface area contributed by atoms with Gasteiger partial charge in [0.25, 0.3) is 0 Å². The van der Waals surface area contributed by atoms with Crippen LogP contribution in [-0.2, 0) is 25.7 Å². The smallest absolute Gasteiger partial charge is 0.303 e. The molecule has 1 heterocycles. The second-order valence-electron chi connectivity index (χ2n) is 10.9. The average Bonchev–Trinajstić information content (AvgIpc) is 3.49. The Kier molecular flexibility index (Phi) is 10.9. The van der Waals surface area contributed by atoms with Gasteiger partial charge >= 0.3 is 5.97 Å². The molecule has 4 atom stereocenters. The second kappa shape index (κ2) is 14.6. The molecule has 1 amide bonds. The van der Waals surface area contributed by atoms with E-state index in [1.165, 1.54) is 25.7 Å². The highest BCUT2D eigenvalue weighted by Crippen LogP contribution is 2.42. The van der Waals surface area contributed by atoms with Crippen molar-refractivity contribution in [3.8, 4) is 0 Å². The fraction of sp³-hybridized carbons (Fsp3) is 0.500. The molecule has 0 aromatic heterocycles. The van der Waals surface area contributed by atoms with Crippen molar-refractivity contribution >= 4 is 17.6 Å². The number of benzene rings is 2. The Bertz CT molecular complexity index is 1110. The molecule has 1 aliphatic carbocycles. The molecule has 8 heteroatoms. The molecular weight excluding hydrogens is 508 g/mol. The van der Waals surface area contributed by atoms with Crippen molar-refractivity contribution in [3.63, 3.8) is 0 Å². The number of aliphatic hydroxyl groups excluding tert-OH is 1. The van der Waals surface area contributed by atoms with Crippen LogP contribution in [0.3, 0.4) is 0 Å². The number of nitrogens with zero attached hydrogens (tertiary/aromatic N) is 1. The molecule has 2 aromatic rings. The Balaban J connectivity index is 1.51. The Morgan fingerprint density at radius 3 is 2.33 bits per heavy atom. The van der Waals surface area contributed by atoms with Gasteiger partial charge in [-0.15, -0.1) is 6.58 Å². The zero-order valence-corrected chi connectivity index (χ0v) is 23.3. The number of carboxylic acids is 1. The Morgan fingerprint density at radius 1 is 1.02 bits per heavy atom. The summed E-state index contributed by atoms with van der Waals surface area (Å²) in [6.45, 7) is 7.77. The van der Waals surface area contributed by atoms with Gasteiger partial charge in [0.1, 0.15) is 0 Å². The molecule has 216 valence electrons. The molecule has 0 unspecified atom stereocenters. The molecule has 3 N–H and O–H groups in total. The zero-order chi connectivity index (χ0) is 28.5. The minimum Gasteiger partial charge on any atom is -0.481 e. The van der Waals surface area contributed by atoms with Gasteiger partial charge in [-0.05, 0) is 42.5 Å². The highest BCUT2D eigenvalue weighted by molar-refractivity contribution is 5.90. The third kappa shape index (κ3) is 8.01. The van der Waals surface area contributed by atoms with Crippen LogP contribution in [0.2, 0.25) is 0 Å². The largest absolute Gasteiger partial charge is 0.481 e. The van der Waals surface area contributed by atoms with Crippen molar-refractivity contribution in [2.45, 2.75) is 83.0 Å². The summed E-state index contributed by atoms with van der Waals surface area (Å²) in [4.78, 5) is 25.4. The normalized spacial score (nSPS) is 23.3. The lowest BCUT2D eigenvalue weighted by Crippen LogP contribution is -2.47. The summed E-state index contributed by atoms with van der Waals surface area (Å²) in [6, 6.07) is 15.9. The van der Waals surface area contributed by atoms with E-state index in [1.54, 1.807) is 0 Å². The van der Waals surface area contributed by atoms with Crippen molar-refractivity contribution in [2.24, 2.45) is 5.92 Å². The number of carbonyl (C=O) groups is 2. The van der Waals surface area contributed by atoms with Gasteiger partial charge in [0, 0.05) is 49.1 Å². The molecule has 0 radical (unpaired) electrons. The van der Waals surface area contributed by atoms with Crippen LogP contribution in [-0.4, -0.2) is 52.2 Å². The summed E-state index contributed by atoms with van der Waals surface area (Å²) in [5.41, 5.74) is 3.40. The van der Waals surface area contributed by atoms with Gasteiger partial charge in [0.2, 0.25) is 5.91 Å². The third-order valence-corrected chi connectivity index (χ3v) is 8.00. The molecule has 1 aliphatic heterocycles. The number of carboxylic acid groups (broad SMARTS) is 1. The quantitative estimate of drug-likeness (QED) is 0.279. The van der Waals surface area contributed by atoms with E-state index in [1.807, 2.05) is 54.6 Å². The van der Waals surface area contributed by atoms with E-state index in [4.69, 9.17) is 14.6 Å². The number of aliphatic hydroxyl groups is 1. The fourth-order valence-corrected chi connectivity index (χ4v) is 5.71. The number of rotatable bonds is 13. The van der Waals surface area contributed by atoms with E-state index < -0.39 is 12.3 Å². The summed E-state index contributed by atoms with van der Waals surface area (Å²) in [5.74, 6) is -1.03. The van der Waals surface area contributed by atoms with Gasteiger partial charge in [0.05, 0.1) is 18.8 Å². The van der Waals surface area contributed by atoms with E-state index in [0.717, 1.165) is 29.8 Å². The van der Waals surface area contributed by atoms with Gasteiger partial charge in [-0.3, -0.25) is 14.5 Å². The highest BCUT2D eigenvalue weighted by Gasteiger charge is 2.40. The molecule has 8 nitrogen and oxygen atoms in total. The Morgan fingerprint density at radius 2 is 1.70 bits per heavy atom. The minimum atomic E-state index is -0.907. The predicted octanol–water partition coefficient (Wildman–Crippen LogP) is 5.59. The topological polar surface area (TPSA) is 108 Å². The number of nitrogens with one attached hydrogen (secondary N) is 1. The lowest BCUT2D eigenvalue weighted by atomic mass is 9.89. The zero-order valence-electron chi connectivity index (χ0n) is 23.3. The first-order chi connectivity index (χ1) is 19.4. The molecule has 2 fully saturated rings. The summed E-state index contributed by atoms with van der Waals surface area (Å²) in [7, 11) is 0. The van der Waals surface area contributed by atoms with Gasteiger partial charge in [0.15, 0.2) is 6.29 Å². The van der Waals surface area contributed by atoms with Crippen LogP contribution >= 0.6 is 0 Å². The fourth-order valence-electron chi connectivity index (χ4n) is 5.71. The molecule has 1 saturated carbocycles. The van der Waals surface area contributed by atoms with E-state index >= 15 is 0 Å². The van der Waals surface area contributed by atoms with E-state index in [0.29, 0.717) is 18.2 Å². The number of ether oxygens (including phenoxy) is 2. The van der Waals surface area contributed by atoms with E-state index in [-0.39, 0.29) is 43.5 Å². The molecule has 4 rings (SSSR count). The van der Waals surface area contributed by atoms with Crippen LogP contribution < -0.4 is 5.32 Å². The monoisotopic (exact) mass is 550 g/mol. The maximum atomic E-state index is 12.2. The van der Waals surface area contributed by atoms with Crippen molar-refractivity contribution in [1.82, 2.24) is 4.90 Å². The summed E-state index contributed by atoms with van der Waals surface area (Å²) in [5, 5.41) is 21.1. The standard InChI is InChI=1S/C32H42N2O6/c1-3-19-34(27-7-4-5-8-27)20-28-22(2)31(24-13-11-23(21-35)12-14-24)40-32(39-28)25-15-17-26(18-16-25)33-29(36)9-6-10-30(37)38/h3,11-18,22,27-28,31-32,35H,1,4-10,19-21H2,2H3,(H,33,36)(H,37,38)/t22-,28+,31+,32+/m0/s1. The maximum Gasteiger partial charge on any atom is 0.303 e. The molecule has 0 bridgehead atoms. The molecule has 1 saturated heterocycles. The molecule has 40 heavy (non-hydrogen) atoms. The lowest BCUT2D eigenvalue weighted by molar-refractivity contribution is -0.276. The Labute approximate surface area is 237 Å². The average molecular weight is 551 g/mol. The number of aliphatic carboxylic acids is 1. The van der Waals surface area contributed by atoms with Gasteiger partial charge < -0.3 is 25.0 Å². The molecule has 2 aliphatic rings. The number of hydrogen-bond acceptors (Lipinski definition) is 6. The SMILES string of the molecule is C=CCN(C[C@H]1O[C@@H](c2ccc(NC(=O)CCCC(=O)O)cc2)O[C@@H](c2ccc(CO)cc2)[C@H]1C)C1CCCC1. The van der Waals surface area contributed by atoms with Crippen LogP contribution in [0.5, 0.6) is 0 Å². The van der Waals surface area contributed by atoms with Crippen LogP contribution in [0, 0.1) is 5.92 Å². The van der Waals surface area contributed by atoms with Crippen molar-refractivity contribution in [2.75, 3.05) is 18.4 Å². The van der Waals surface area contributed by atoms with E-state index in [9.17, 15) is 14.7 Å². The summed E-state index contributed by atoms with van der Waals surface area (Å²) < 4.78 is 13.2. The van der Waals surface area contributed by atoms with Gasteiger partial charge in [-0.25, -0.2) is 0 Å². The summed E-state index contributed by atoms with van der Waals surface area (Å²) >= 11 is 0. The summed E-state index contributed by atoms with van der Waals surface area (Å²) in [6.07, 6.45) is 6.45. The van der Waals surface area contributed by atoms with Crippen molar-refractivity contribution < 1.29 is 29.3 Å². The molecule has 2 aromatic carbocycles. The van der Waals surface area contributed by atoms with E-state index in [2.05, 4.69) is 23.7 Å². The number of amides is 1. The first-order valence-electron chi connectivity index (χ1n) is 14.3. The highest BCUT2D eigenvalue weighted by atomic mass is 16.7. The van der Waals surface area contributed by atoms with Crippen molar-refractivity contribution in [1.29, 1.82) is 0 Å². The molecule has 0 spiro atoms. The predicted molar refractivity (Wildman–Crippen MR) is 154 cm³/mol. The third-order valence-electron chi connectivity index (χ3n) is 8.00. The Hall–Kier alpha value is -3.04. The van der Waals surface area contributed by atoms with Crippen LogP contribution in [0.25, 0.3) is 0 Å². The maximum absolute atomic E-state index is 12.2. The first kappa shape index (κ1) is 29.9. The lowest BCUT2D eigenvalue weighted by Gasteiger charge is -2.43. The van der Waals surface area contributed by atoms with Crippen molar-refractivity contribution in [3.05, 3.63) is 77.9 Å². The number of carbonyl (C=O) groups excluding carboxylic acids is 1. The minimum absolute atomic E-state index is 0.00390. The number of anilines is 1. The van der Waals surface area contributed by atoms with Crippen LogP contribution in [0.15, 0.2) is 61.2 Å². The van der Waals surface area contributed by atoms with Crippen LogP contribution in [0.1, 0.15) is 81.0 Å². The van der Waals surface area contributed by atoms with Gasteiger partial charge in [-0.1, -0.05) is 62.2 Å². The van der Waals surface area contributed by atoms with Gasteiger partial charge in [-0.2, -0.15) is 0 Å².